The zero-order valence-corrected chi connectivity index (χ0v) is 16.7. The quantitative estimate of drug-likeness (QED) is 0.318. The van der Waals surface area contributed by atoms with Crippen LogP contribution in [0.2, 0.25) is 0 Å². The Morgan fingerprint density at radius 1 is 0.593 bits per heavy atom. The van der Waals surface area contributed by atoms with Crippen molar-refractivity contribution in [1.29, 1.82) is 0 Å². The minimum absolute atomic E-state index is 0. The molecule has 3 aromatic carbocycles. The summed E-state index contributed by atoms with van der Waals surface area (Å²) in [6.07, 6.45) is 2.00. The van der Waals surface area contributed by atoms with Crippen LogP contribution in [0, 0.1) is 0 Å². The molecule has 146 valence electrons. The molecule has 0 aromatic heterocycles. The summed E-state index contributed by atoms with van der Waals surface area (Å²) < 4.78 is 0. The van der Waals surface area contributed by atoms with Gasteiger partial charge in [-0.15, -0.1) is 12.4 Å². The Bertz CT molecular complexity index is 723. The number of hydrogen-bond donors (Lipinski definition) is 4. The highest BCUT2D eigenvalue weighted by molar-refractivity contribution is 6.05. The van der Waals surface area contributed by atoms with Gasteiger partial charge in [-0.2, -0.15) is 0 Å². The maximum atomic E-state index is 5.62. The summed E-state index contributed by atoms with van der Waals surface area (Å²) in [5.41, 5.74) is 14.0. The van der Waals surface area contributed by atoms with Crippen LogP contribution in [0.25, 0.3) is 21.5 Å². The van der Waals surface area contributed by atoms with Crippen molar-refractivity contribution < 1.29 is 0 Å². The molecule has 0 bridgehead atoms. The topological polar surface area (TPSA) is 76.1 Å². The second-order valence-electron chi connectivity index (χ2n) is 6.69. The lowest BCUT2D eigenvalue weighted by molar-refractivity contribution is 0.657. The predicted octanol–water partition coefficient (Wildman–Crippen LogP) is 3.29. The van der Waals surface area contributed by atoms with Gasteiger partial charge in [-0.1, -0.05) is 48.5 Å². The van der Waals surface area contributed by atoms with Gasteiger partial charge >= 0.3 is 0 Å². The summed E-state index contributed by atoms with van der Waals surface area (Å²) in [6, 6.07) is 17.5. The van der Waals surface area contributed by atoms with Crippen LogP contribution >= 0.6 is 12.4 Å². The maximum absolute atomic E-state index is 5.62. The first-order valence-corrected chi connectivity index (χ1v) is 9.59. The third-order valence-electron chi connectivity index (χ3n) is 4.87. The molecule has 0 unspecified atom stereocenters. The molecule has 0 heterocycles. The number of rotatable bonds is 10. The van der Waals surface area contributed by atoms with Gasteiger partial charge in [0.05, 0.1) is 0 Å². The van der Waals surface area contributed by atoms with Crippen LogP contribution in [-0.4, -0.2) is 26.2 Å². The van der Waals surface area contributed by atoms with E-state index < -0.39 is 0 Å². The van der Waals surface area contributed by atoms with Crippen molar-refractivity contribution in [2.45, 2.75) is 25.9 Å². The van der Waals surface area contributed by atoms with E-state index in [1.165, 1.54) is 32.7 Å². The van der Waals surface area contributed by atoms with E-state index in [1.807, 2.05) is 0 Å². The number of nitrogens with two attached hydrogens (primary N) is 2. The van der Waals surface area contributed by atoms with Gasteiger partial charge in [-0.25, -0.2) is 0 Å². The molecule has 0 radical (unpaired) electrons. The Balaban J connectivity index is 0.00000261. The normalized spacial score (nSPS) is 11.0. The highest BCUT2D eigenvalue weighted by Crippen LogP contribution is 2.33. The lowest BCUT2D eigenvalue weighted by atomic mass is 9.91. The molecular formula is C22H31ClN4. The Hall–Kier alpha value is -1.69. The highest BCUT2D eigenvalue weighted by atomic mass is 35.5. The van der Waals surface area contributed by atoms with E-state index in [2.05, 4.69) is 59.2 Å². The molecule has 0 aliphatic heterocycles. The van der Waals surface area contributed by atoms with E-state index in [4.69, 9.17) is 11.5 Å². The van der Waals surface area contributed by atoms with Crippen molar-refractivity contribution >= 4 is 34.0 Å². The van der Waals surface area contributed by atoms with Crippen molar-refractivity contribution in [1.82, 2.24) is 10.6 Å². The molecule has 3 rings (SSSR count). The van der Waals surface area contributed by atoms with Crippen LogP contribution in [0.5, 0.6) is 0 Å². The summed E-state index contributed by atoms with van der Waals surface area (Å²) >= 11 is 0. The Kier molecular flexibility index (Phi) is 8.98. The first-order valence-electron chi connectivity index (χ1n) is 9.59. The van der Waals surface area contributed by atoms with Gasteiger partial charge in [0, 0.05) is 13.1 Å². The van der Waals surface area contributed by atoms with Crippen LogP contribution in [0.15, 0.2) is 48.5 Å². The summed E-state index contributed by atoms with van der Waals surface area (Å²) in [4.78, 5) is 0. The van der Waals surface area contributed by atoms with Gasteiger partial charge in [0.2, 0.25) is 0 Å². The Labute approximate surface area is 168 Å². The van der Waals surface area contributed by atoms with Gasteiger partial charge in [-0.3, -0.25) is 0 Å². The second-order valence-corrected chi connectivity index (χ2v) is 6.69. The first-order chi connectivity index (χ1) is 12.9. The molecule has 0 atom stereocenters. The summed E-state index contributed by atoms with van der Waals surface area (Å²) in [6.45, 7) is 5.07. The molecule has 6 N–H and O–H groups in total. The van der Waals surface area contributed by atoms with Crippen LogP contribution < -0.4 is 22.1 Å². The zero-order valence-electron chi connectivity index (χ0n) is 15.8. The first kappa shape index (κ1) is 21.6. The summed E-state index contributed by atoms with van der Waals surface area (Å²) in [5, 5.41) is 12.5. The zero-order chi connectivity index (χ0) is 18.2. The smallest absolute Gasteiger partial charge is 0.0217 e. The summed E-state index contributed by atoms with van der Waals surface area (Å²) in [5.74, 6) is 0. The van der Waals surface area contributed by atoms with Crippen molar-refractivity contribution in [3.63, 3.8) is 0 Å². The van der Waals surface area contributed by atoms with Crippen molar-refractivity contribution in [2.24, 2.45) is 11.5 Å². The monoisotopic (exact) mass is 386 g/mol. The molecular weight excluding hydrogens is 356 g/mol. The molecule has 0 aliphatic carbocycles. The average Bonchev–Trinajstić information content (AvgIpc) is 2.69. The minimum atomic E-state index is 0. The second kappa shape index (κ2) is 11.2. The van der Waals surface area contributed by atoms with Gasteiger partial charge in [0.15, 0.2) is 0 Å². The highest BCUT2D eigenvalue weighted by Gasteiger charge is 2.12. The fourth-order valence-corrected chi connectivity index (χ4v) is 3.57. The molecule has 0 saturated heterocycles. The van der Waals surface area contributed by atoms with Crippen LogP contribution in [0.1, 0.15) is 24.0 Å². The molecule has 0 saturated carbocycles. The third kappa shape index (κ3) is 5.18. The molecule has 5 heteroatoms. The van der Waals surface area contributed by atoms with Crippen LogP contribution in [0.3, 0.4) is 0 Å². The van der Waals surface area contributed by atoms with Crippen LogP contribution in [-0.2, 0) is 13.1 Å². The molecule has 0 aliphatic rings. The van der Waals surface area contributed by atoms with Crippen molar-refractivity contribution in [3.8, 4) is 0 Å². The van der Waals surface area contributed by atoms with Gasteiger partial charge < -0.3 is 22.1 Å². The Morgan fingerprint density at radius 3 is 1.22 bits per heavy atom. The van der Waals surface area contributed by atoms with Crippen molar-refractivity contribution in [3.05, 3.63) is 59.7 Å². The molecule has 0 fully saturated rings. The lowest BCUT2D eigenvalue weighted by Gasteiger charge is -2.18. The van der Waals surface area contributed by atoms with Crippen molar-refractivity contribution in [2.75, 3.05) is 26.2 Å². The van der Waals surface area contributed by atoms with E-state index >= 15 is 0 Å². The largest absolute Gasteiger partial charge is 0.330 e. The number of fused-ring (bicyclic) bond motifs is 2. The fraction of sp³-hybridized carbons (Fsp3) is 0.364. The van der Waals surface area contributed by atoms with E-state index in [1.54, 1.807) is 0 Å². The molecule has 0 spiro atoms. The maximum Gasteiger partial charge on any atom is 0.0217 e. The summed E-state index contributed by atoms with van der Waals surface area (Å²) in [7, 11) is 0. The lowest BCUT2D eigenvalue weighted by Crippen LogP contribution is -2.19. The minimum Gasteiger partial charge on any atom is -0.330 e. The molecule has 27 heavy (non-hydrogen) atoms. The predicted molar refractivity (Wildman–Crippen MR) is 119 cm³/mol. The van der Waals surface area contributed by atoms with E-state index in [-0.39, 0.29) is 12.4 Å². The fourth-order valence-electron chi connectivity index (χ4n) is 3.57. The average molecular weight is 387 g/mol. The SMILES string of the molecule is Cl.NCCCNCc1c2ccccc2c(CNCCCN)c2ccccc12. The van der Waals surface area contributed by atoms with Gasteiger partial charge in [0.1, 0.15) is 0 Å². The number of nitrogens with one attached hydrogen (secondary N) is 2. The van der Waals surface area contributed by atoms with E-state index in [0.29, 0.717) is 0 Å². The molecule has 3 aromatic rings. The van der Waals surface area contributed by atoms with Gasteiger partial charge in [-0.05, 0) is 71.7 Å². The third-order valence-corrected chi connectivity index (χ3v) is 4.87. The van der Waals surface area contributed by atoms with Gasteiger partial charge in [0.25, 0.3) is 0 Å². The number of benzene rings is 3. The number of hydrogen-bond acceptors (Lipinski definition) is 4. The number of halogens is 1. The van der Waals surface area contributed by atoms with Crippen LogP contribution in [0.4, 0.5) is 0 Å². The Morgan fingerprint density at radius 2 is 0.926 bits per heavy atom. The van der Waals surface area contributed by atoms with E-state index in [0.717, 1.165) is 52.1 Å². The molecule has 4 nitrogen and oxygen atoms in total. The standard InChI is InChI=1S/C22H30N4.ClH/c23-11-5-13-25-15-21-17-7-1-2-8-18(17)22(16-26-14-6-12-24)20-10-4-3-9-19(20)21;/h1-4,7-10,25-26H,5-6,11-16,23-24H2;1H. The van der Waals surface area contributed by atoms with E-state index in [9.17, 15) is 0 Å². The molecule has 0 amide bonds.